The van der Waals surface area contributed by atoms with Gasteiger partial charge >= 0.3 is 5.63 Å². The van der Waals surface area contributed by atoms with Crippen LogP contribution < -0.4 is 10.4 Å². The minimum Gasteiger partial charge on any atom is -0.495 e. The molecule has 0 N–H and O–H groups in total. The summed E-state index contributed by atoms with van der Waals surface area (Å²) in [7, 11) is 1.49. The summed E-state index contributed by atoms with van der Waals surface area (Å²) in [5.74, 6) is 0.637. The Balaban J connectivity index is 1.99. The summed E-state index contributed by atoms with van der Waals surface area (Å²) in [5, 5.41) is 0. The largest absolute Gasteiger partial charge is 0.495 e. The third kappa shape index (κ3) is 3.18. The third-order valence-corrected chi connectivity index (χ3v) is 4.26. The predicted molar refractivity (Wildman–Crippen MR) is 92.7 cm³/mol. The van der Waals surface area contributed by atoms with Crippen molar-refractivity contribution in [2.75, 3.05) is 7.11 Å². The van der Waals surface area contributed by atoms with Crippen LogP contribution in [0.2, 0.25) is 0 Å². The van der Waals surface area contributed by atoms with Gasteiger partial charge < -0.3 is 9.15 Å². The van der Waals surface area contributed by atoms with E-state index in [1.165, 1.54) is 13.2 Å². The molecule has 0 spiro atoms. The summed E-state index contributed by atoms with van der Waals surface area (Å²) in [4.78, 5) is 24.8. The number of hydrogen-bond donors (Lipinski definition) is 0. The second-order valence-electron chi connectivity index (χ2n) is 6.02. The standard InChI is InChI=1S/C20H20O4/c1-13-6-5-7-14(12-13)10-11-16(21)18-19(23-2)15-8-3-4-9-17(15)24-20(18)22/h5-7,10-12H,3-4,8-9H2,1-2H3. The first-order chi connectivity index (χ1) is 11.6. The highest BCUT2D eigenvalue weighted by Gasteiger charge is 2.25. The molecule has 4 heteroatoms. The van der Waals surface area contributed by atoms with Crippen LogP contribution in [0.5, 0.6) is 5.75 Å². The number of hydrogen-bond acceptors (Lipinski definition) is 4. The van der Waals surface area contributed by atoms with Gasteiger partial charge in [0.25, 0.3) is 0 Å². The van der Waals surface area contributed by atoms with Crippen LogP contribution in [0.1, 0.15) is 45.7 Å². The molecule has 1 heterocycles. The maximum Gasteiger partial charge on any atom is 0.351 e. The van der Waals surface area contributed by atoms with Crippen LogP contribution in [0.25, 0.3) is 6.08 Å². The van der Waals surface area contributed by atoms with Crippen LogP contribution in [0.4, 0.5) is 0 Å². The molecular weight excluding hydrogens is 304 g/mol. The van der Waals surface area contributed by atoms with Gasteiger partial charge in [0, 0.05) is 12.0 Å². The Kier molecular flexibility index (Phi) is 4.65. The average Bonchev–Trinajstić information content (AvgIpc) is 2.58. The van der Waals surface area contributed by atoms with E-state index in [1.54, 1.807) is 6.08 Å². The molecule has 1 aliphatic carbocycles. The molecule has 124 valence electrons. The number of carbonyl (C=O) groups is 1. The summed E-state index contributed by atoms with van der Waals surface area (Å²) in [6, 6.07) is 7.79. The molecule has 0 aliphatic heterocycles. The van der Waals surface area contributed by atoms with Gasteiger partial charge in [-0.25, -0.2) is 4.79 Å². The monoisotopic (exact) mass is 324 g/mol. The fourth-order valence-corrected chi connectivity index (χ4v) is 3.10. The molecule has 24 heavy (non-hydrogen) atoms. The van der Waals surface area contributed by atoms with Crippen molar-refractivity contribution in [3.8, 4) is 5.75 Å². The predicted octanol–water partition coefficient (Wildman–Crippen LogP) is 3.73. The summed E-state index contributed by atoms with van der Waals surface area (Å²) in [6.45, 7) is 1.99. The fraction of sp³-hybridized carbons (Fsp3) is 0.300. The summed E-state index contributed by atoms with van der Waals surface area (Å²) >= 11 is 0. The smallest absolute Gasteiger partial charge is 0.351 e. The molecule has 0 radical (unpaired) electrons. The van der Waals surface area contributed by atoms with Gasteiger partial charge in [-0.15, -0.1) is 0 Å². The van der Waals surface area contributed by atoms with E-state index in [1.807, 2.05) is 31.2 Å². The highest BCUT2D eigenvalue weighted by atomic mass is 16.5. The molecule has 0 saturated heterocycles. The average molecular weight is 324 g/mol. The topological polar surface area (TPSA) is 56.5 Å². The van der Waals surface area contributed by atoms with E-state index in [0.29, 0.717) is 17.9 Å². The van der Waals surface area contributed by atoms with Crippen LogP contribution >= 0.6 is 0 Å². The molecule has 0 fully saturated rings. The maximum atomic E-state index is 12.6. The van der Waals surface area contributed by atoms with Gasteiger partial charge in [-0.05, 0) is 37.8 Å². The van der Waals surface area contributed by atoms with Gasteiger partial charge in [0.2, 0.25) is 0 Å². The molecular formula is C20H20O4. The third-order valence-electron chi connectivity index (χ3n) is 4.26. The molecule has 0 amide bonds. The lowest BCUT2D eigenvalue weighted by atomic mass is 9.94. The van der Waals surface area contributed by atoms with Gasteiger partial charge in [-0.2, -0.15) is 0 Å². The first-order valence-corrected chi connectivity index (χ1v) is 8.12. The molecule has 1 aromatic carbocycles. The SMILES string of the molecule is COc1c2c(oc(=O)c1C(=O)C=Cc1cccc(C)c1)CCCC2. The van der Waals surface area contributed by atoms with Crippen molar-refractivity contribution in [3.63, 3.8) is 0 Å². The Morgan fingerprint density at radius 1 is 1.25 bits per heavy atom. The molecule has 1 aliphatic rings. The van der Waals surface area contributed by atoms with Crippen molar-refractivity contribution in [2.45, 2.75) is 32.6 Å². The van der Waals surface area contributed by atoms with Crippen LogP contribution in [0, 0.1) is 6.92 Å². The van der Waals surface area contributed by atoms with E-state index in [9.17, 15) is 9.59 Å². The molecule has 0 atom stereocenters. The van der Waals surface area contributed by atoms with Crippen LogP contribution in [-0.4, -0.2) is 12.9 Å². The number of rotatable bonds is 4. The van der Waals surface area contributed by atoms with E-state index in [2.05, 4.69) is 0 Å². The van der Waals surface area contributed by atoms with Gasteiger partial charge in [0.1, 0.15) is 17.1 Å². The lowest BCUT2D eigenvalue weighted by Gasteiger charge is -2.18. The minimum atomic E-state index is -0.619. The Hall–Kier alpha value is -2.62. The number of ether oxygens (including phenoxy) is 1. The molecule has 0 bridgehead atoms. The maximum absolute atomic E-state index is 12.6. The van der Waals surface area contributed by atoms with Crippen molar-refractivity contribution in [1.29, 1.82) is 0 Å². The highest BCUT2D eigenvalue weighted by Crippen LogP contribution is 2.31. The van der Waals surface area contributed by atoms with Gasteiger partial charge in [0.05, 0.1) is 7.11 Å². The van der Waals surface area contributed by atoms with Gasteiger partial charge in [-0.1, -0.05) is 35.9 Å². The molecule has 0 unspecified atom stereocenters. The number of methoxy groups -OCH3 is 1. The van der Waals surface area contributed by atoms with E-state index in [-0.39, 0.29) is 5.56 Å². The number of benzene rings is 1. The zero-order valence-corrected chi connectivity index (χ0v) is 13.9. The van der Waals surface area contributed by atoms with E-state index in [4.69, 9.17) is 9.15 Å². The zero-order chi connectivity index (χ0) is 17.1. The number of carbonyl (C=O) groups excluding carboxylic acids is 1. The number of fused-ring (bicyclic) bond motifs is 1. The summed E-state index contributed by atoms with van der Waals surface area (Å²) < 4.78 is 10.8. The Bertz CT molecular complexity index is 858. The molecule has 1 aromatic heterocycles. The zero-order valence-electron chi connectivity index (χ0n) is 13.9. The van der Waals surface area contributed by atoms with Crippen molar-refractivity contribution < 1.29 is 13.9 Å². The van der Waals surface area contributed by atoms with Crippen molar-refractivity contribution in [2.24, 2.45) is 0 Å². The van der Waals surface area contributed by atoms with Gasteiger partial charge in [-0.3, -0.25) is 4.79 Å². The second-order valence-corrected chi connectivity index (χ2v) is 6.02. The van der Waals surface area contributed by atoms with Gasteiger partial charge in [0.15, 0.2) is 5.78 Å². The second kappa shape index (κ2) is 6.87. The number of ketones is 1. The normalized spacial score (nSPS) is 13.8. The van der Waals surface area contributed by atoms with E-state index in [0.717, 1.165) is 36.0 Å². The Labute approximate surface area is 140 Å². The van der Waals surface area contributed by atoms with E-state index >= 15 is 0 Å². The fourth-order valence-electron chi connectivity index (χ4n) is 3.10. The van der Waals surface area contributed by atoms with Crippen molar-refractivity contribution >= 4 is 11.9 Å². The summed E-state index contributed by atoms with van der Waals surface area (Å²) in [5.41, 5.74) is 2.24. The Morgan fingerprint density at radius 3 is 2.79 bits per heavy atom. The molecule has 0 saturated carbocycles. The quantitative estimate of drug-likeness (QED) is 0.635. The lowest BCUT2D eigenvalue weighted by molar-refractivity contribution is 0.104. The van der Waals surface area contributed by atoms with Crippen molar-refractivity contribution in [1.82, 2.24) is 0 Å². The minimum absolute atomic E-state index is 0.0120. The first kappa shape index (κ1) is 16.2. The molecule has 4 nitrogen and oxygen atoms in total. The number of allylic oxidation sites excluding steroid dienone is 1. The van der Waals surface area contributed by atoms with Crippen LogP contribution in [0.3, 0.4) is 0 Å². The van der Waals surface area contributed by atoms with Crippen molar-refractivity contribution in [3.05, 3.63) is 68.8 Å². The first-order valence-electron chi connectivity index (χ1n) is 8.12. The Morgan fingerprint density at radius 2 is 2.04 bits per heavy atom. The number of aryl methyl sites for hydroxylation is 2. The molecule has 2 aromatic rings. The lowest BCUT2D eigenvalue weighted by Crippen LogP contribution is -2.19. The van der Waals surface area contributed by atoms with Crippen LogP contribution in [0.15, 0.2) is 39.6 Å². The summed E-state index contributed by atoms with van der Waals surface area (Å²) in [6.07, 6.45) is 6.58. The van der Waals surface area contributed by atoms with E-state index < -0.39 is 11.4 Å². The molecule has 3 rings (SSSR count). The highest BCUT2D eigenvalue weighted by molar-refractivity contribution is 6.08. The van der Waals surface area contributed by atoms with Crippen LogP contribution in [-0.2, 0) is 12.8 Å².